The minimum absolute atomic E-state index is 0.0989. The summed E-state index contributed by atoms with van der Waals surface area (Å²) >= 11 is 0. The molecule has 0 spiro atoms. The second-order valence-corrected chi connectivity index (χ2v) is 7.44. The average molecular weight is 363 g/mol. The molecule has 0 aliphatic carbocycles. The second-order valence-electron chi connectivity index (χ2n) is 7.44. The maximum atomic E-state index is 12.0. The molecule has 7 nitrogen and oxygen atoms in total. The lowest BCUT2D eigenvalue weighted by Gasteiger charge is -2.21. The standard InChI is InChI=1S/C19H30N4O3/c1-6-14-9-7-8-10-15(14)21-16(24)11-20-17(25)12-23(5)13-18(26)22-19(2,3)4/h7-10H,6,11-13H2,1-5H3,(H,20,25)(H,21,24)(H,22,26)/p+1. The van der Waals surface area contributed by atoms with Crippen molar-refractivity contribution in [3.05, 3.63) is 29.8 Å². The SMILES string of the molecule is CCc1ccccc1NC(=O)CNC(=O)C[NH+](C)CC(=O)NC(C)(C)C. The Bertz CT molecular complexity index is 638. The molecule has 1 aromatic rings. The van der Waals surface area contributed by atoms with Crippen molar-refractivity contribution in [3.63, 3.8) is 0 Å². The molecule has 0 saturated carbocycles. The number of quaternary nitrogens is 1. The van der Waals surface area contributed by atoms with Crippen molar-refractivity contribution in [3.8, 4) is 0 Å². The fourth-order valence-electron chi connectivity index (χ4n) is 2.46. The van der Waals surface area contributed by atoms with E-state index in [-0.39, 0.29) is 42.9 Å². The smallest absolute Gasteiger partial charge is 0.275 e. The Morgan fingerprint density at radius 1 is 1.00 bits per heavy atom. The number of anilines is 1. The van der Waals surface area contributed by atoms with Crippen LogP contribution in [0.15, 0.2) is 24.3 Å². The molecule has 3 amide bonds. The van der Waals surface area contributed by atoms with Crippen LogP contribution in [0.25, 0.3) is 0 Å². The van der Waals surface area contributed by atoms with Gasteiger partial charge in [-0.3, -0.25) is 14.4 Å². The van der Waals surface area contributed by atoms with Gasteiger partial charge in [0.25, 0.3) is 11.8 Å². The van der Waals surface area contributed by atoms with E-state index < -0.39 is 0 Å². The van der Waals surface area contributed by atoms with Gasteiger partial charge in [0.15, 0.2) is 13.1 Å². The summed E-state index contributed by atoms with van der Waals surface area (Å²) in [5.74, 6) is -0.663. The fraction of sp³-hybridized carbons (Fsp3) is 0.526. The van der Waals surface area contributed by atoms with E-state index in [9.17, 15) is 14.4 Å². The van der Waals surface area contributed by atoms with Crippen LogP contribution in [-0.4, -0.2) is 49.9 Å². The van der Waals surface area contributed by atoms with Crippen LogP contribution in [0.3, 0.4) is 0 Å². The van der Waals surface area contributed by atoms with Crippen molar-refractivity contribution >= 4 is 23.4 Å². The number of carbonyl (C=O) groups excluding carboxylic acids is 3. The van der Waals surface area contributed by atoms with E-state index in [1.807, 2.05) is 52.0 Å². The molecule has 0 radical (unpaired) electrons. The highest BCUT2D eigenvalue weighted by Crippen LogP contribution is 2.14. The van der Waals surface area contributed by atoms with E-state index in [4.69, 9.17) is 0 Å². The zero-order valence-corrected chi connectivity index (χ0v) is 16.4. The van der Waals surface area contributed by atoms with Gasteiger partial charge >= 0.3 is 0 Å². The van der Waals surface area contributed by atoms with Gasteiger partial charge < -0.3 is 20.9 Å². The molecule has 0 heterocycles. The minimum atomic E-state index is -0.299. The minimum Gasteiger partial charge on any atom is -0.347 e. The molecular weight excluding hydrogens is 332 g/mol. The molecule has 7 heteroatoms. The number of nitrogens with one attached hydrogen (secondary N) is 4. The lowest BCUT2D eigenvalue weighted by molar-refractivity contribution is -0.862. The topological polar surface area (TPSA) is 91.7 Å². The van der Waals surface area contributed by atoms with E-state index >= 15 is 0 Å². The van der Waals surface area contributed by atoms with E-state index in [2.05, 4.69) is 16.0 Å². The average Bonchev–Trinajstić information content (AvgIpc) is 2.51. The van der Waals surface area contributed by atoms with Crippen molar-refractivity contribution in [1.29, 1.82) is 0 Å². The Morgan fingerprint density at radius 3 is 2.23 bits per heavy atom. The quantitative estimate of drug-likeness (QED) is 0.513. The number of carbonyl (C=O) groups is 3. The van der Waals surface area contributed by atoms with E-state index in [1.165, 1.54) is 0 Å². The number of hydrogen-bond donors (Lipinski definition) is 4. The van der Waals surface area contributed by atoms with Crippen LogP contribution in [0.5, 0.6) is 0 Å². The van der Waals surface area contributed by atoms with E-state index in [1.54, 1.807) is 7.05 Å². The van der Waals surface area contributed by atoms with Crippen LogP contribution in [0, 0.1) is 0 Å². The van der Waals surface area contributed by atoms with Gasteiger partial charge in [0, 0.05) is 11.2 Å². The molecule has 144 valence electrons. The number of benzene rings is 1. The van der Waals surface area contributed by atoms with Crippen molar-refractivity contribution in [2.45, 2.75) is 39.7 Å². The summed E-state index contributed by atoms with van der Waals surface area (Å²) in [6.45, 7) is 7.95. The van der Waals surface area contributed by atoms with Crippen molar-refractivity contribution in [2.75, 3.05) is 32.0 Å². The third-order valence-corrected chi connectivity index (χ3v) is 3.56. The Hall–Kier alpha value is -2.41. The maximum Gasteiger partial charge on any atom is 0.275 e. The maximum absolute atomic E-state index is 12.0. The van der Waals surface area contributed by atoms with E-state index in [0.717, 1.165) is 22.6 Å². The molecule has 1 rings (SSSR count). The third-order valence-electron chi connectivity index (χ3n) is 3.56. The van der Waals surface area contributed by atoms with Crippen LogP contribution in [-0.2, 0) is 20.8 Å². The van der Waals surface area contributed by atoms with Gasteiger partial charge in [-0.05, 0) is 38.8 Å². The Kier molecular flexibility index (Phi) is 8.25. The number of amides is 3. The first-order chi connectivity index (χ1) is 12.1. The molecule has 1 aromatic carbocycles. The van der Waals surface area contributed by atoms with Crippen molar-refractivity contribution < 1.29 is 19.3 Å². The summed E-state index contributed by atoms with van der Waals surface area (Å²) in [5.41, 5.74) is 1.50. The first-order valence-corrected chi connectivity index (χ1v) is 8.87. The molecule has 0 fully saturated rings. The van der Waals surface area contributed by atoms with Gasteiger partial charge in [-0.15, -0.1) is 0 Å². The predicted molar refractivity (Wildman–Crippen MR) is 102 cm³/mol. The Morgan fingerprint density at radius 2 is 1.62 bits per heavy atom. The summed E-state index contributed by atoms with van der Waals surface area (Å²) in [6.07, 6.45) is 0.813. The van der Waals surface area contributed by atoms with Crippen LogP contribution in [0.4, 0.5) is 5.69 Å². The third kappa shape index (κ3) is 8.62. The molecule has 0 aromatic heterocycles. The number of aryl methyl sites for hydroxylation is 1. The lowest BCUT2D eigenvalue weighted by atomic mass is 10.1. The number of hydrogen-bond acceptors (Lipinski definition) is 3. The van der Waals surface area contributed by atoms with Crippen LogP contribution in [0.2, 0.25) is 0 Å². The largest absolute Gasteiger partial charge is 0.347 e. The number of para-hydroxylation sites is 1. The molecule has 0 bridgehead atoms. The molecule has 0 saturated heterocycles. The van der Waals surface area contributed by atoms with Crippen molar-refractivity contribution in [2.24, 2.45) is 0 Å². The van der Waals surface area contributed by atoms with Gasteiger partial charge in [0.1, 0.15) is 0 Å². The van der Waals surface area contributed by atoms with Gasteiger partial charge in [-0.25, -0.2) is 0 Å². The second kappa shape index (κ2) is 9.91. The first kappa shape index (κ1) is 21.6. The van der Waals surface area contributed by atoms with Crippen molar-refractivity contribution in [1.82, 2.24) is 10.6 Å². The summed E-state index contributed by atoms with van der Waals surface area (Å²) < 4.78 is 0. The molecule has 26 heavy (non-hydrogen) atoms. The summed E-state index contributed by atoms with van der Waals surface area (Å²) in [6, 6.07) is 7.57. The molecule has 4 N–H and O–H groups in total. The highest BCUT2D eigenvalue weighted by atomic mass is 16.2. The van der Waals surface area contributed by atoms with Crippen LogP contribution < -0.4 is 20.9 Å². The number of likely N-dealkylation sites (N-methyl/N-ethyl adjacent to an activating group) is 1. The monoisotopic (exact) mass is 363 g/mol. The number of rotatable bonds is 8. The van der Waals surface area contributed by atoms with Crippen LogP contribution >= 0.6 is 0 Å². The summed E-state index contributed by atoms with van der Waals surface area (Å²) in [7, 11) is 1.76. The molecule has 0 aliphatic heterocycles. The predicted octanol–water partition coefficient (Wildman–Crippen LogP) is -0.267. The van der Waals surface area contributed by atoms with Gasteiger partial charge in [0.2, 0.25) is 5.91 Å². The van der Waals surface area contributed by atoms with Gasteiger partial charge in [-0.2, -0.15) is 0 Å². The molecular formula is C19H31N4O3+. The summed E-state index contributed by atoms with van der Waals surface area (Å²) in [5, 5.41) is 8.25. The Balaban J connectivity index is 2.37. The fourth-order valence-corrected chi connectivity index (χ4v) is 2.46. The van der Waals surface area contributed by atoms with Gasteiger partial charge in [-0.1, -0.05) is 25.1 Å². The Labute approximate surface area is 155 Å². The highest BCUT2D eigenvalue weighted by molar-refractivity contribution is 5.95. The van der Waals surface area contributed by atoms with Crippen LogP contribution in [0.1, 0.15) is 33.3 Å². The zero-order valence-electron chi connectivity index (χ0n) is 16.4. The normalized spacial score (nSPS) is 12.2. The highest BCUT2D eigenvalue weighted by Gasteiger charge is 2.19. The van der Waals surface area contributed by atoms with Gasteiger partial charge in [0.05, 0.1) is 13.6 Å². The first-order valence-electron chi connectivity index (χ1n) is 8.87. The van der Waals surface area contributed by atoms with E-state index in [0.29, 0.717) is 0 Å². The molecule has 1 unspecified atom stereocenters. The summed E-state index contributed by atoms with van der Waals surface area (Å²) in [4.78, 5) is 36.6. The zero-order chi connectivity index (χ0) is 19.7. The molecule has 1 atom stereocenters. The molecule has 0 aliphatic rings. The lowest BCUT2D eigenvalue weighted by Crippen LogP contribution is -3.11.